The number of piperazine rings is 1. The standard InChI is InChI=1S/C20H25N3O3S/c24-20(18-6-3-9-21-15-18)22-10-12-23(13-11-22)27(25,26)19-8-7-16-4-1-2-5-17(16)14-19/h1-2,4-5,7-8,14,18,21H,3,6,9-13,15H2. The molecule has 7 heteroatoms. The molecule has 0 radical (unpaired) electrons. The molecule has 0 aliphatic carbocycles. The Balaban J connectivity index is 1.45. The summed E-state index contributed by atoms with van der Waals surface area (Å²) in [7, 11) is -3.54. The Morgan fingerprint density at radius 2 is 1.74 bits per heavy atom. The summed E-state index contributed by atoms with van der Waals surface area (Å²) >= 11 is 0. The fraction of sp³-hybridized carbons (Fsp3) is 0.450. The Kier molecular flexibility index (Phi) is 5.16. The van der Waals surface area contributed by atoms with Crippen LogP contribution < -0.4 is 5.32 Å². The average molecular weight is 388 g/mol. The smallest absolute Gasteiger partial charge is 0.243 e. The van der Waals surface area contributed by atoms with E-state index < -0.39 is 10.0 Å². The predicted octanol–water partition coefficient (Wildman–Crippen LogP) is 1.67. The van der Waals surface area contributed by atoms with Crippen LogP contribution in [0.4, 0.5) is 0 Å². The Hall–Kier alpha value is -1.96. The van der Waals surface area contributed by atoms with Crippen molar-refractivity contribution in [3.63, 3.8) is 0 Å². The van der Waals surface area contributed by atoms with Gasteiger partial charge in [-0.3, -0.25) is 4.79 Å². The van der Waals surface area contributed by atoms with Gasteiger partial charge in [0.15, 0.2) is 0 Å². The van der Waals surface area contributed by atoms with Crippen molar-refractivity contribution in [1.82, 2.24) is 14.5 Å². The number of carbonyl (C=O) groups is 1. The minimum atomic E-state index is -3.54. The Bertz CT molecular complexity index is 930. The molecule has 1 amide bonds. The highest BCUT2D eigenvalue weighted by atomic mass is 32.2. The highest BCUT2D eigenvalue weighted by Gasteiger charge is 2.32. The number of nitrogens with one attached hydrogen (secondary N) is 1. The van der Waals surface area contributed by atoms with Crippen LogP contribution in [-0.2, 0) is 14.8 Å². The number of hydrogen-bond acceptors (Lipinski definition) is 4. The first-order chi connectivity index (χ1) is 13.1. The molecule has 2 aromatic rings. The SMILES string of the molecule is O=C(C1CCCNC1)N1CCN(S(=O)(=O)c2ccc3ccccc3c2)CC1. The van der Waals surface area contributed by atoms with E-state index in [1.165, 1.54) is 4.31 Å². The fourth-order valence-corrected chi connectivity index (χ4v) is 5.40. The first-order valence-corrected chi connectivity index (χ1v) is 11.0. The summed E-state index contributed by atoms with van der Waals surface area (Å²) in [6.07, 6.45) is 1.94. The van der Waals surface area contributed by atoms with Crippen molar-refractivity contribution in [1.29, 1.82) is 0 Å². The quantitative estimate of drug-likeness (QED) is 0.870. The molecule has 2 saturated heterocycles. The van der Waals surface area contributed by atoms with Crippen LogP contribution in [-0.4, -0.2) is 62.8 Å². The number of piperidine rings is 1. The number of amides is 1. The molecular formula is C20H25N3O3S. The molecule has 0 bridgehead atoms. The minimum Gasteiger partial charge on any atom is -0.340 e. The van der Waals surface area contributed by atoms with Gasteiger partial charge in [0, 0.05) is 32.7 Å². The van der Waals surface area contributed by atoms with Gasteiger partial charge < -0.3 is 10.2 Å². The van der Waals surface area contributed by atoms with E-state index >= 15 is 0 Å². The molecule has 4 rings (SSSR count). The van der Waals surface area contributed by atoms with Crippen LogP contribution in [0.1, 0.15) is 12.8 Å². The van der Waals surface area contributed by atoms with E-state index in [4.69, 9.17) is 0 Å². The molecule has 0 saturated carbocycles. The molecule has 0 spiro atoms. The van der Waals surface area contributed by atoms with Crippen molar-refractivity contribution in [2.45, 2.75) is 17.7 Å². The molecule has 27 heavy (non-hydrogen) atoms. The Morgan fingerprint density at radius 1 is 1.00 bits per heavy atom. The molecule has 2 fully saturated rings. The average Bonchev–Trinajstić information content (AvgIpc) is 2.73. The van der Waals surface area contributed by atoms with Crippen molar-refractivity contribution in [2.75, 3.05) is 39.3 Å². The molecule has 2 aliphatic heterocycles. The van der Waals surface area contributed by atoms with Gasteiger partial charge in [-0.25, -0.2) is 8.42 Å². The summed E-state index contributed by atoms with van der Waals surface area (Å²) in [4.78, 5) is 14.8. The molecular weight excluding hydrogens is 362 g/mol. The summed E-state index contributed by atoms with van der Waals surface area (Å²) < 4.78 is 27.5. The zero-order chi connectivity index (χ0) is 18.9. The maximum absolute atomic E-state index is 13.0. The van der Waals surface area contributed by atoms with Gasteiger partial charge in [-0.05, 0) is 42.3 Å². The zero-order valence-corrected chi connectivity index (χ0v) is 16.1. The number of benzene rings is 2. The van der Waals surface area contributed by atoms with E-state index in [0.717, 1.165) is 36.7 Å². The minimum absolute atomic E-state index is 0.0300. The van der Waals surface area contributed by atoms with Gasteiger partial charge in [0.25, 0.3) is 0 Å². The Labute approximate surface area is 160 Å². The van der Waals surface area contributed by atoms with Crippen molar-refractivity contribution in [3.05, 3.63) is 42.5 Å². The molecule has 2 aliphatic rings. The second-order valence-electron chi connectivity index (χ2n) is 7.28. The van der Waals surface area contributed by atoms with Gasteiger partial charge in [0.05, 0.1) is 10.8 Å². The van der Waals surface area contributed by atoms with E-state index in [1.807, 2.05) is 35.2 Å². The van der Waals surface area contributed by atoms with E-state index in [1.54, 1.807) is 12.1 Å². The van der Waals surface area contributed by atoms with Gasteiger partial charge in [0.2, 0.25) is 15.9 Å². The van der Waals surface area contributed by atoms with Gasteiger partial charge in [-0.15, -0.1) is 0 Å². The lowest BCUT2D eigenvalue weighted by atomic mass is 9.98. The van der Waals surface area contributed by atoms with Crippen LogP contribution in [0.25, 0.3) is 10.8 Å². The summed E-state index contributed by atoms with van der Waals surface area (Å²) in [5, 5.41) is 5.21. The van der Waals surface area contributed by atoms with Crippen molar-refractivity contribution in [3.8, 4) is 0 Å². The van der Waals surface area contributed by atoms with Crippen LogP contribution in [0.3, 0.4) is 0 Å². The predicted molar refractivity (Wildman–Crippen MR) is 105 cm³/mol. The van der Waals surface area contributed by atoms with Gasteiger partial charge in [-0.2, -0.15) is 4.31 Å². The lowest BCUT2D eigenvalue weighted by molar-refractivity contribution is -0.137. The number of carbonyl (C=O) groups excluding carboxylic acids is 1. The van der Waals surface area contributed by atoms with E-state index in [0.29, 0.717) is 31.1 Å². The van der Waals surface area contributed by atoms with Crippen molar-refractivity contribution >= 4 is 26.7 Å². The molecule has 2 heterocycles. The van der Waals surface area contributed by atoms with Crippen LogP contribution >= 0.6 is 0 Å². The summed E-state index contributed by atoms with van der Waals surface area (Å²) in [5.74, 6) is 0.187. The lowest BCUT2D eigenvalue weighted by Crippen LogP contribution is -2.53. The highest BCUT2D eigenvalue weighted by molar-refractivity contribution is 7.89. The van der Waals surface area contributed by atoms with Crippen LogP contribution in [0.5, 0.6) is 0 Å². The third kappa shape index (κ3) is 3.72. The van der Waals surface area contributed by atoms with Gasteiger partial charge in [0.1, 0.15) is 0 Å². The van der Waals surface area contributed by atoms with Crippen LogP contribution in [0, 0.1) is 5.92 Å². The highest BCUT2D eigenvalue weighted by Crippen LogP contribution is 2.23. The third-order valence-electron chi connectivity index (χ3n) is 5.56. The van der Waals surface area contributed by atoms with E-state index in [2.05, 4.69) is 5.32 Å². The third-order valence-corrected chi connectivity index (χ3v) is 7.45. The normalized spacial score (nSPS) is 22.1. The number of nitrogens with zero attached hydrogens (tertiary/aromatic N) is 2. The van der Waals surface area contributed by atoms with Crippen LogP contribution in [0.2, 0.25) is 0 Å². The molecule has 1 unspecified atom stereocenters. The topological polar surface area (TPSA) is 69.7 Å². The van der Waals surface area contributed by atoms with Crippen LogP contribution in [0.15, 0.2) is 47.4 Å². The Morgan fingerprint density at radius 3 is 2.44 bits per heavy atom. The summed E-state index contributed by atoms with van der Waals surface area (Å²) in [6, 6.07) is 13.0. The maximum atomic E-state index is 13.0. The molecule has 1 N–H and O–H groups in total. The number of sulfonamides is 1. The molecule has 1 atom stereocenters. The van der Waals surface area contributed by atoms with E-state index in [-0.39, 0.29) is 11.8 Å². The van der Waals surface area contributed by atoms with Crippen molar-refractivity contribution in [2.24, 2.45) is 5.92 Å². The van der Waals surface area contributed by atoms with E-state index in [9.17, 15) is 13.2 Å². The number of hydrogen-bond donors (Lipinski definition) is 1. The molecule has 2 aromatic carbocycles. The first-order valence-electron chi connectivity index (χ1n) is 9.54. The maximum Gasteiger partial charge on any atom is 0.243 e. The largest absolute Gasteiger partial charge is 0.340 e. The molecule has 144 valence electrons. The molecule has 0 aromatic heterocycles. The fourth-order valence-electron chi connectivity index (χ4n) is 3.95. The summed E-state index contributed by atoms with van der Waals surface area (Å²) in [6.45, 7) is 3.32. The number of fused-ring (bicyclic) bond motifs is 1. The number of rotatable bonds is 3. The second-order valence-corrected chi connectivity index (χ2v) is 9.22. The second kappa shape index (κ2) is 7.58. The first kappa shape index (κ1) is 18.4. The summed E-state index contributed by atoms with van der Waals surface area (Å²) in [5.41, 5.74) is 0. The van der Waals surface area contributed by atoms with Crippen molar-refractivity contribution < 1.29 is 13.2 Å². The monoisotopic (exact) mass is 387 g/mol. The molecule has 6 nitrogen and oxygen atoms in total. The lowest BCUT2D eigenvalue weighted by Gasteiger charge is -2.36. The van der Waals surface area contributed by atoms with Gasteiger partial charge in [-0.1, -0.05) is 30.3 Å². The van der Waals surface area contributed by atoms with Gasteiger partial charge >= 0.3 is 0 Å². The zero-order valence-electron chi connectivity index (χ0n) is 15.3.